The molecule has 0 aliphatic rings. The van der Waals surface area contributed by atoms with Crippen molar-refractivity contribution in [3.8, 4) is 0 Å². The summed E-state index contributed by atoms with van der Waals surface area (Å²) >= 11 is 0. The highest BCUT2D eigenvalue weighted by atomic mass is 19.4. The lowest BCUT2D eigenvalue weighted by Crippen LogP contribution is -2.43. The molecule has 0 bridgehead atoms. The first kappa shape index (κ1) is 14.4. The summed E-state index contributed by atoms with van der Waals surface area (Å²) in [6, 6.07) is 0. The monoisotopic (exact) mass is 243 g/mol. The van der Waals surface area contributed by atoms with Gasteiger partial charge in [0.1, 0.15) is 0 Å². The van der Waals surface area contributed by atoms with Crippen molar-refractivity contribution < 1.29 is 35.1 Å². The van der Waals surface area contributed by atoms with Crippen molar-refractivity contribution >= 4 is 0 Å². The van der Waals surface area contributed by atoms with Crippen molar-refractivity contribution in [1.29, 1.82) is 0 Å². The van der Waals surface area contributed by atoms with E-state index in [0.717, 1.165) is 0 Å². The molecule has 0 saturated heterocycles. The van der Waals surface area contributed by atoms with E-state index in [0.29, 0.717) is 0 Å². The van der Waals surface area contributed by atoms with Gasteiger partial charge in [-0.15, -0.1) is 0 Å². The summed E-state index contributed by atoms with van der Waals surface area (Å²) in [5, 5.41) is 0. The van der Waals surface area contributed by atoms with Crippen LogP contribution in [0.5, 0.6) is 0 Å². The van der Waals surface area contributed by atoms with Crippen molar-refractivity contribution in [1.82, 2.24) is 0 Å². The molecule has 0 N–H and O–H groups in total. The molecular formula is C7H7F8. The highest BCUT2D eigenvalue weighted by Gasteiger charge is 2.60. The summed E-state index contributed by atoms with van der Waals surface area (Å²) in [5.41, 5.74) is 0. The van der Waals surface area contributed by atoms with E-state index in [2.05, 4.69) is 6.92 Å². The predicted octanol–water partition coefficient (Wildman–Crippen LogP) is 3.77. The van der Waals surface area contributed by atoms with Gasteiger partial charge in [0.2, 0.25) is 0 Å². The molecule has 8 heteroatoms. The highest BCUT2D eigenvalue weighted by molar-refractivity contribution is 4.86. The van der Waals surface area contributed by atoms with Crippen LogP contribution in [-0.2, 0) is 0 Å². The molecule has 1 radical (unpaired) electrons. The van der Waals surface area contributed by atoms with E-state index in [-0.39, 0.29) is 0 Å². The predicted molar refractivity (Wildman–Crippen MR) is 35.4 cm³/mol. The molecule has 0 saturated carbocycles. The Hall–Kier alpha value is -0.560. The lowest BCUT2D eigenvalue weighted by Gasteiger charge is -2.25. The van der Waals surface area contributed by atoms with Gasteiger partial charge in [-0.1, -0.05) is 0 Å². The Morgan fingerprint density at radius 3 is 1.60 bits per heavy atom. The van der Waals surface area contributed by atoms with E-state index in [1.807, 2.05) is 0 Å². The van der Waals surface area contributed by atoms with Gasteiger partial charge in [0.15, 0.2) is 6.17 Å². The first-order valence-corrected chi connectivity index (χ1v) is 3.70. The second kappa shape index (κ2) is 4.13. The van der Waals surface area contributed by atoms with Crippen molar-refractivity contribution in [2.75, 3.05) is 0 Å². The summed E-state index contributed by atoms with van der Waals surface area (Å²) < 4.78 is 95.9. The van der Waals surface area contributed by atoms with Gasteiger partial charge in [-0.05, 0) is 6.92 Å². The number of hydrogen-bond donors (Lipinski definition) is 0. The van der Waals surface area contributed by atoms with E-state index >= 15 is 0 Å². The number of rotatable bonds is 4. The smallest absolute Gasteiger partial charge is 0.241 e. The Balaban J connectivity index is 4.61. The maximum absolute atomic E-state index is 12.4. The summed E-state index contributed by atoms with van der Waals surface area (Å²) in [7, 11) is 0. The Bertz CT molecular complexity index is 206. The topological polar surface area (TPSA) is 0 Å². The molecule has 1 atom stereocenters. The van der Waals surface area contributed by atoms with Crippen LogP contribution in [0.25, 0.3) is 0 Å². The van der Waals surface area contributed by atoms with Gasteiger partial charge >= 0.3 is 12.1 Å². The zero-order valence-electron chi connectivity index (χ0n) is 7.22. The first-order chi connectivity index (χ1) is 6.44. The number of alkyl halides is 8. The average molecular weight is 243 g/mol. The lowest BCUT2D eigenvalue weighted by molar-refractivity contribution is -0.293. The molecule has 0 aromatic rings. The van der Waals surface area contributed by atoms with Crippen LogP contribution in [0.4, 0.5) is 35.1 Å². The maximum atomic E-state index is 12.4. The molecule has 0 heterocycles. The Kier molecular flexibility index (Phi) is 3.98. The van der Waals surface area contributed by atoms with Crippen LogP contribution in [0.2, 0.25) is 0 Å². The van der Waals surface area contributed by atoms with Crippen LogP contribution in [0.1, 0.15) is 12.8 Å². The van der Waals surface area contributed by atoms with Gasteiger partial charge < -0.3 is 0 Å². The molecule has 0 fully saturated rings. The second-order valence-corrected chi connectivity index (χ2v) is 2.88. The molecule has 0 aromatic heterocycles. The van der Waals surface area contributed by atoms with Crippen molar-refractivity contribution in [2.24, 2.45) is 0 Å². The zero-order chi connectivity index (χ0) is 12.5. The van der Waals surface area contributed by atoms with Gasteiger partial charge in [0, 0.05) is 6.42 Å². The Morgan fingerprint density at radius 2 is 1.33 bits per heavy atom. The van der Waals surface area contributed by atoms with Crippen molar-refractivity contribution in [3.63, 3.8) is 0 Å². The van der Waals surface area contributed by atoms with E-state index in [4.69, 9.17) is 0 Å². The second-order valence-electron chi connectivity index (χ2n) is 2.88. The minimum atomic E-state index is -6.03. The van der Waals surface area contributed by atoms with Gasteiger partial charge in [-0.2, -0.15) is 22.0 Å². The van der Waals surface area contributed by atoms with E-state index < -0.39 is 37.0 Å². The summed E-state index contributed by atoms with van der Waals surface area (Å²) in [4.78, 5) is 0. The van der Waals surface area contributed by atoms with E-state index in [1.165, 1.54) is 0 Å². The summed E-state index contributed by atoms with van der Waals surface area (Å²) in [6.45, 7) is 2.55. The van der Waals surface area contributed by atoms with Crippen molar-refractivity contribution in [3.05, 3.63) is 6.92 Å². The fraction of sp³-hybridized carbons (Fsp3) is 0.857. The van der Waals surface area contributed by atoms with Gasteiger partial charge in [-0.3, -0.25) is 0 Å². The average Bonchev–Trinajstić information content (AvgIpc) is 2.01. The standard InChI is InChI=1S/C7H7F8/c1-2-5(9,10)4(8)3-6(11,12)7(13,14)15/h4H,1-3H2/t4-/m0/s1. The van der Waals surface area contributed by atoms with Crippen LogP contribution in [0.3, 0.4) is 0 Å². The third kappa shape index (κ3) is 3.49. The fourth-order valence-corrected chi connectivity index (χ4v) is 0.647. The van der Waals surface area contributed by atoms with Gasteiger partial charge in [-0.25, -0.2) is 13.2 Å². The molecule has 15 heavy (non-hydrogen) atoms. The maximum Gasteiger partial charge on any atom is 0.453 e. The molecule has 0 rings (SSSR count). The highest BCUT2D eigenvalue weighted by Crippen LogP contribution is 2.42. The van der Waals surface area contributed by atoms with E-state index in [1.54, 1.807) is 0 Å². The Labute approximate surface area is 80.3 Å². The summed E-state index contributed by atoms with van der Waals surface area (Å²) in [6.07, 6.45) is -13.6. The molecule has 0 unspecified atom stereocenters. The van der Waals surface area contributed by atoms with Gasteiger partial charge in [0.25, 0.3) is 5.92 Å². The van der Waals surface area contributed by atoms with Crippen molar-refractivity contribution in [2.45, 2.75) is 37.0 Å². The van der Waals surface area contributed by atoms with E-state index in [9.17, 15) is 35.1 Å². The quantitative estimate of drug-likeness (QED) is 0.659. The van der Waals surface area contributed by atoms with Crippen LogP contribution in [0, 0.1) is 6.92 Å². The largest absolute Gasteiger partial charge is 0.453 e. The number of halogens is 8. The minimum absolute atomic E-state index is 1.39. The molecule has 0 amide bonds. The molecule has 0 nitrogen and oxygen atoms in total. The third-order valence-electron chi connectivity index (χ3n) is 1.64. The molecule has 0 aliphatic heterocycles. The summed E-state index contributed by atoms with van der Waals surface area (Å²) in [5.74, 6) is -9.75. The fourth-order valence-electron chi connectivity index (χ4n) is 0.647. The minimum Gasteiger partial charge on any atom is -0.241 e. The SMILES string of the molecule is [CH2]CC(F)(F)[C@@H](F)CC(F)(F)C(F)(F)F. The molecule has 0 aromatic carbocycles. The lowest BCUT2D eigenvalue weighted by atomic mass is 10.0. The molecule has 91 valence electrons. The molecule has 0 spiro atoms. The van der Waals surface area contributed by atoms with Crippen LogP contribution in [-0.4, -0.2) is 24.2 Å². The molecule has 0 aliphatic carbocycles. The van der Waals surface area contributed by atoms with Crippen LogP contribution in [0.15, 0.2) is 0 Å². The normalized spacial score (nSPS) is 16.6. The van der Waals surface area contributed by atoms with Crippen LogP contribution >= 0.6 is 0 Å². The Morgan fingerprint density at radius 1 is 0.933 bits per heavy atom. The molecular weight excluding hydrogens is 236 g/mol. The van der Waals surface area contributed by atoms with Crippen LogP contribution < -0.4 is 0 Å². The van der Waals surface area contributed by atoms with Gasteiger partial charge in [0.05, 0.1) is 6.42 Å². The number of hydrogen-bond acceptors (Lipinski definition) is 0. The third-order valence-corrected chi connectivity index (χ3v) is 1.64. The zero-order valence-corrected chi connectivity index (χ0v) is 7.22. The first-order valence-electron chi connectivity index (χ1n) is 3.70.